The van der Waals surface area contributed by atoms with Crippen molar-refractivity contribution in [2.75, 3.05) is 4.90 Å². The molecule has 3 heterocycles. The lowest BCUT2D eigenvalue weighted by Crippen LogP contribution is -2.77. The van der Waals surface area contributed by atoms with Crippen molar-refractivity contribution in [2.24, 2.45) is 0 Å². The van der Waals surface area contributed by atoms with E-state index in [1.165, 1.54) is 32.1 Å². The van der Waals surface area contributed by atoms with Crippen molar-refractivity contribution in [3.63, 3.8) is 0 Å². The van der Waals surface area contributed by atoms with Gasteiger partial charge in [0, 0.05) is 39.5 Å². The Balaban J connectivity index is 1.33. The van der Waals surface area contributed by atoms with Crippen LogP contribution in [0.5, 0.6) is 0 Å². The molecule has 0 bridgehead atoms. The van der Waals surface area contributed by atoms with Crippen LogP contribution in [0.1, 0.15) is 0 Å². The van der Waals surface area contributed by atoms with Crippen molar-refractivity contribution < 1.29 is 4.42 Å². The Kier molecular flexibility index (Phi) is 5.83. The van der Waals surface area contributed by atoms with Crippen molar-refractivity contribution in [1.29, 1.82) is 0 Å². The van der Waals surface area contributed by atoms with Crippen molar-refractivity contribution in [3.05, 3.63) is 170 Å². The summed E-state index contributed by atoms with van der Waals surface area (Å²) in [5, 5.41) is 7.62. The highest BCUT2D eigenvalue weighted by molar-refractivity contribution is 7.21. The number of rotatable bonds is 4. The zero-order chi connectivity index (χ0) is 29.8. The van der Waals surface area contributed by atoms with E-state index in [0.29, 0.717) is 5.71 Å². The second-order valence-corrected chi connectivity index (χ2v) is 15.3. The molecule has 0 aliphatic carbocycles. The molecule has 0 atom stereocenters. The molecule has 4 heteroatoms. The molecule has 0 N–H and O–H groups in total. The average molecular weight is 593 g/mol. The average Bonchev–Trinajstić information content (AvgIpc) is 3.49. The highest BCUT2D eigenvalue weighted by Crippen LogP contribution is 2.43. The van der Waals surface area contributed by atoms with Gasteiger partial charge in [-0.05, 0) is 51.1 Å². The molecule has 2 aromatic heterocycles. The minimum atomic E-state index is -2.67. The van der Waals surface area contributed by atoms with Crippen LogP contribution in [-0.4, -0.2) is 13.1 Å². The monoisotopic (exact) mass is 592 g/mol. The second-order valence-electron chi connectivity index (χ2n) is 11.5. The summed E-state index contributed by atoms with van der Waals surface area (Å²) in [7, 11) is -2.67. The third kappa shape index (κ3) is 3.79. The number of para-hydroxylation sites is 4. The van der Waals surface area contributed by atoms with E-state index in [-0.39, 0.29) is 0 Å². The Morgan fingerprint density at radius 1 is 0.489 bits per heavy atom. The van der Waals surface area contributed by atoms with Gasteiger partial charge in [0.15, 0.2) is 8.07 Å². The zero-order valence-corrected chi connectivity index (χ0v) is 25.5. The Hall–Kier alpha value is -5.71. The molecule has 0 unspecified atom stereocenters. The molecule has 3 nitrogen and oxygen atoms in total. The fourth-order valence-electron chi connectivity index (χ4n) is 7.34. The van der Waals surface area contributed by atoms with Gasteiger partial charge in [0.2, 0.25) is 5.71 Å². The summed E-state index contributed by atoms with van der Waals surface area (Å²) in [5.74, 6) is 0. The number of hydrogen-bond acceptors (Lipinski definition) is 3. The lowest BCUT2D eigenvalue weighted by molar-refractivity contribution is 0.654. The number of aromatic nitrogens is 1. The molecule has 212 valence electrons. The number of nitrogens with zero attached hydrogens (tertiary/aromatic N) is 2. The summed E-state index contributed by atoms with van der Waals surface area (Å²) in [4.78, 5) is 7.26. The summed E-state index contributed by atoms with van der Waals surface area (Å²) in [6.45, 7) is 0. The normalized spacial score (nSPS) is 13.5. The number of fused-ring (bicyclic) bond motifs is 5. The van der Waals surface area contributed by atoms with Gasteiger partial charge in [-0.2, -0.15) is 0 Å². The Morgan fingerprint density at radius 2 is 1.02 bits per heavy atom. The molecule has 0 radical (unpaired) electrons. The Bertz CT molecular complexity index is 2260. The summed E-state index contributed by atoms with van der Waals surface area (Å²) >= 11 is 0. The lowest BCUT2D eigenvalue weighted by Gasteiger charge is -2.45. The van der Waals surface area contributed by atoms with Gasteiger partial charge in [0.25, 0.3) is 0 Å². The fraction of sp³-hybridized carbons (Fsp3) is 0. The number of hydrogen-bond donors (Lipinski definition) is 0. The summed E-state index contributed by atoms with van der Waals surface area (Å²) in [5.41, 5.74) is 7.24. The lowest BCUT2D eigenvalue weighted by atomic mass is 10.0. The minimum Gasteiger partial charge on any atom is -0.438 e. The number of furan rings is 1. The molecule has 0 saturated carbocycles. The highest BCUT2D eigenvalue weighted by atomic mass is 28.3. The maximum atomic E-state index is 6.07. The standard InChI is InChI=1S/C41H28N2OSi/c1-3-15-30(16-4-1)45(31-17-5-2-6-18-31)39-25-13-10-22-36(39)43(37-23-11-14-26-40(37)45)35-21-9-7-19-32(35)29-27-34-33-20-8-12-24-38(33)44-41(34)42-28-29/h1-28H. The molecule has 6 aromatic carbocycles. The van der Waals surface area contributed by atoms with Crippen LogP contribution < -0.4 is 25.6 Å². The van der Waals surface area contributed by atoms with Gasteiger partial charge in [0.1, 0.15) is 5.58 Å². The minimum absolute atomic E-state index is 0.660. The first-order valence-electron chi connectivity index (χ1n) is 15.3. The third-order valence-corrected chi connectivity index (χ3v) is 14.1. The Labute approximate surface area is 262 Å². The number of benzene rings is 6. The quantitative estimate of drug-likeness (QED) is 0.195. The molecule has 8 aromatic rings. The SMILES string of the molecule is c1ccc([Si]2(c3ccccc3)c3ccccc3N(c3ccccc3-c3cnc4oc5ccccc5c4c3)c3ccccc32)cc1. The maximum absolute atomic E-state index is 6.07. The van der Waals surface area contributed by atoms with Crippen molar-refractivity contribution in [2.45, 2.75) is 0 Å². The predicted molar refractivity (Wildman–Crippen MR) is 189 cm³/mol. The molecule has 0 spiro atoms. The van der Waals surface area contributed by atoms with Crippen LogP contribution in [0.15, 0.2) is 174 Å². The first-order valence-corrected chi connectivity index (χ1v) is 17.3. The van der Waals surface area contributed by atoms with E-state index in [1.54, 1.807) is 0 Å². The van der Waals surface area contributed by atoms with Gasteiger partial charge < -0.3 is 9.32 Å². The van der Waals surface area contributed by atoms with Crippen LogP contribution in [-0.2, 0) is 0 Å². The van der Waals surface area contributed by atoms with Crippen LogP contribution in [0.3, 0.4) is 0 Å². The van der Waals surface area contributed by atoms with E-state index in [9.17, 15) is 0 Å². The van der Waals surface area contributed by atoms with Crippen LogP contribution in [0.4, 0.5) is 17.1 Å². The topological polar surface area (TPSA) is 29.3 Å². The van der Waals surface area contributed by atoms with Gasteiger partial charge in [-0.1, -0.05) is 133 Å². The van der Waals surface area contributed by atoms with Crippen LogP contribution in [0.2, 0.25) is 0 Å². The highest BCUT2D eigenvalue weighted by Gasteiger charge is 2.48. The molecule has 0 amide bonds. The molecule has 9 rings (SSSR count). The smallest absolute Gasteiger partial charge is 0.227 e. The Morgan fingerprint density at radius 3 is 1.69 bits per heavy atom. The van der Waals surface area contributed by atoms with Crippen molar-refractivity contribution in [3.8, 4) is 11.1 Å². The van der Waals surface area contributed by atoms with E-state index < -0.39 is 8.07 Å². The summed E-state index contributed by atoms with van der Waals surface area (Å²) in [6.07, 6.45) is 1.94. The molecule has 45 heavy (non-hydrogen) atoms. The predicted octanol–water partition coefficient (Wildman–Crippen LogP) is 7.81. The van der Waals surface area contributed by atoms with Crippen LogP contribution >= 0.6 is 0 Å². The molecular formula is C41H28N2OSi. The summed E-state index contributed by atoms with van der Waals surface area (Å²) in [6, 6.07) is 59.4. The van der Waals surface area contributed by atoms with Gasteiger partial charge in [-0.3, -0.25) is 0 Å². The number of anilines is 3. The van der Waals surface area contributed by atoms with Gasteiger partial charge in [-0.15, -0.1) is 0 Å². The molecule has 1 aliphatic heterocycles. The van der Waals surface area contributed by atoms with Crippen molar-refractivity contribution in [1.82, 2.24) is 4.98 Å². The fourth-order valence-corrected chi connectivity index (χ4v) is 12.4. The third-order valence-electron chi connectivity index (χ3n) is 9.20. The van der Waals surface area contributed by atoms with E-state index >= 15 is 0 Å². The van der Waals surface area contributed by atoms with E-state index in [0.717, 1.165) is 33.2 Å². The van der Waals surface area contributed by atoms with E-state index in [1.807, 2.05) is 18.3 Å². The van der Waals surface area contributed by atoms with E-state index in [2.05, 4.69) is 157 Å². The van der Waals surface area contributed by atoms with Gasteiger partial charge in [0.05, 0.1) is 5.69 Å². The first kappa shape index (κ1) is 25.8. The van der Waals surface area contributed by atoms with Gasteiger partial charge >= 0.3 is 0 Å². The number of pyridine rings is 1. The zero-order valence-electron chi connectivity index (χ0n) is 24.5. The molecule has 0 fully saturated rings. The van der Waals surface area contributed by atoms with Gasteiger partial charge in [-0.25, -0.2) is 4.98 Å². The van der Waals surface area contributed by atoms with Crippen LogP contribution in [0.25, 0.3) is 33.2 Å². The maximum Gasteiger partial charge on any atom is 0.227 e. The van der Waals surface area contributed by atoms with E-state index in [4.69, 9.17) is 9.40 Å². The largest absolute Gasteiger partial charge is 0.438 e. The van der Waals surface area contributed by atoms with Crippen LogP contribution in [0, 0.1) is 0 Å². The second kappa shape index (κ2) is 10.2. The summed E-state index contributed by atoms with van der Waals surface area (Å²) < 4.78 is 6.07. The first-order chi connectivity index (χ1) is 22.3. The van der Waals surface area contributed by atoms with Crippen molar-refractivity contribution >= 4 is 68.0 Å². The molecule has 0 saturated heterocycles. The molecule has 1 aliphatic rings. The molecular weight excluding hydrogens is 565 g/mol.